The zero-order chi connectivity index (χ0) is 22.7. The lowest BCUT2D eigenvalue weighted by Crippen LogP contribution is -1.94. The number of nitrogens with zero attached hydrogens (tertiary/aromatic N) is 2. The van der Waals surface area contributed by atoms with Crippen LogP contribution in [0, 0.1) is 0 Å². The van der Waals surface area contributed by atoms with Crippen LogP contribution < -0.4 is 0 Å². The molecule has 0 bridgehead atoms. The second kappa shape index (κ2) is 6.17. The van der Waals surface area contributed by atoms with E-state index < -0.39 is 0 Å². The molecule has 0 N–H and O–H groups in total. The number of imidazole rings is 1. The van der Waals surface area contributed by atoms with E-state index in [2.05, 4.69) is 101 Å². The summed E-state index contributed by atoms with van der Waals surface area (Å²) in [5.74, 6) is 0. The van der Waals surface area contributed by atoms with Crippen LogP contribution >= 0.6 is 0 Å². The largest absolute Gasteiger partial charge is 0.292 e. The van der Waals surface area contributed by atoms with Crippen LogP contribution in [0.5, 0.6) is 0 Å². The Balaban J connectivity index is 1.41. The third kappa shape index (κ3) is 2.18. The fourth-order valence-corrected chi connectivity index (χ4v) is 6.72. The van der Waals surface area contributed by atoms with Gasteiger partial charge in [0.25, 0.3) is 0 Å². The van der Waals surface area contributed by atoms with Gasteiger partial charge >= 0.3 is 0 Å². The molecule has 0 atom stereocenters. The highest BCUT2D eigenvalue weighted by molar-refractivity contribution is 6.17. The molecule has 2 nitrogen and oxygen atoms in total. The minimum Gasteiger partial charge on any atom is -0.292 e. The molecule has 0 saturated heterocycles. The van der Waals surface area contributed by atoms with Gasteiger partial charge in [0, 0.05) is 10.8 Å². The molecule has 0 amide bonds. The van der Waals surface area contributed by atoms with Crippen LogP contribution in [0.15, 0.2) is 97.1 Å². The van der Waals surface area contributed by atoms with E-state index in [0.29, 0.717) is 0 Å². The van der Waals surface area contributed by atoms with Crippen molar-refractivity contribution in [3.63, 3.8) is 0 Å². The molecule has 7 aromatic rings. The molecule has 162 valence electrons. The number of benzene rings is 5. The van der Waals surface area contributed by atoms with Gasteiger partial charge in [-0.3, -0.25) is 4.40 Å². The summed E-state index contributed by atoms with van der Waals surface area (Å²) in [5.41, 5.74) is 15.8. The summed E-state index contributed by atoms with van der Waals surface area (Å²) >= 11 is 0. The van der Waals surface area contributed by atoms with E-state index in [1.54, 1.807) is 0 Å². The highest BCUT2D eigenvalue weighted by Gasteiger charge is 2.28. The predicted molar refractivity (Wildman–Crippen MR) is 144 cm³/mol. The van der Waals surface area contributed by atoms with Crippen molar-refractivity contribution in [1.29, 1.82) is 0 Å². The first-order chi connectivity index (χ1) is 17.3. The second-order valence-corrected chi connectivity index (χ2v) is 9.97. The molecule has 0 radical (unpaired) electrons. The van der Waals surface area contributed by atoms with Crippen molar-refractivity contribution in [3.05, 3.63) is 119 Å². The van der Waals surface area contributed by atoms with Gasteiger partial charge in [0.15, 0.2) is 0 Å². The zero-order valence-corrected chi connectivity index (χ0v) is 19.0. The molecule has 0 fully saturated rings. The Hall–Kier alpha value is -4.43. The smallest absolute Gasteiger partial charge is 0.146 e. The number of aromatic nitrogens is 2. The highest BCUT2D eigenvalue weighted by atomic mass is 15.0. The number of hydrogen-bond acceptors (Lipinski definition) is 1. The summed E-state index contributed by atoms with van der Waals surface area (Å²) in [5, 5.41) is 3.88. The Bertz CT molecular complexity index is 2060. The van der Waals surface area contributed by atoms with Crippen LogP contribution in [-0.4, -0.2) is 9.38 Å². The Morgan fingerprint density at radius 3 is 2.29 bits per heavy atom. The average Bonchev–Trinajstić information content (AvgIpc) is 3.58. The van der Waals surface area contributed by atoms with Gasteiger partial charge in [-0.05, 0) is 87.0 Å². The molecular formula is C33H20N2. The van der Waals surface area contributed by atoms with E-state index in [1.807, 2.05) is 0 Å². The molecular weight excluding hydrogens is 424 g/mol. The molecule has 9 rings (SSSR count). The van der Waals surface area contributed by atoms with E-state index >= 15 is 0 Å². The van der Waals surface area contributed by atoms with Crippen molar-refractivity contribution < 1.29 is 0 Å². The summed E-state index contributed by atoms with van der Waals surface area (Å²) < 4.78 is 2.37. The monoisotopic (exact) mass is 444 g/mol. The van der Waals surface area contributed by atoms with E-state index in [0.717, 1.165) is 24.0 Å². The van der Waals surface area contributed by atoms with Crippen LogP contribution in [0.3, 0.4) is 0 Å². The second-order valence-electron chi connectivity index (χ2n) is 9.97. The SMILES string of the molecule is c1ccc2c(c1)Cc1cc3c(cc1-2)-c1ccc2c4ccccc4n4c5ccccc5nc4c2c1C3. The van der Waals surface area contributed by atoms with Gasteiger partial charge in [0.05, 0.1) is 16.6 Å². The maximum absolute atomic E-state index is 5.19. The Morgan fingerprint density at radius 1 is 0.543 bits per heavy atom. The van der Waals surface area contributed by atoms with Crippen molar-refractivity contribution >= 4 is 38.4 Å². The van der Waals surface area contributed by atoms with Crippen molar-refractivity contribution in [1.82, 2.24) is 9.38 Å². The molecule has 0 unspecified atom stereocenters. The summed E-state index contributed by atoms with van der Waals surface area (Å²) in [6.07, 6.45) is 2.00. The first kappa shape index (κ1) is 18.0. The lowest BCUT2D eigenvalue weighted by atomic mass is 9.96. The summed E-state index contributed by atoms with van der Waals surface area (Å²) in [6, 6.07) is 35.7. The third-order valence-corrected chi connectivity index (χ3v) is 8.21. The fraction of sp³-hybridized carbons (Fsp3) is 0.0606. The van der Waals surface area contributed by atoms with Crippen molar-refractivity contribution in [3.8, 4) is 22.3 Å². The Morgan fingerprint density at radius 2 is 1.31 bits per heavy atom. The van der Waals surface area contributed by atoms with Crippen LogP contribution in [-0.2, 0) is 12.8 Å². The Kier molecular flexibility index (Phi) is 3.16. The summed E-state index contributed by atoms with van der Waals surface area (Å²) in [6.45, 7) is 0. The molecule has 0 spiro atoms. The summed E-state index contributed by atoms with van der Waals surface area (Å²) in [7, 11) is 0. The maximum Gasteiger partial charge on any atom is 0.146 e. The molecule has 0 aliphatic heterocycles. The highest BCUT2D eigenvalue weighted by Crippen LogP contribution is 2.48. The number of fused-ring (bicyclic) bond motifs is 15. The standard InChI is InChI=1S/C33H20N2/c1-2-8-22-19(7-1)15-20-16-21-17-28-23(27(21)18-26(20)22)13-14-25-24-9-3-5-11-30(24)35-31-12-6-4-10-29(31)34-33(35)32(25)28/h1-14,16,18H,15,17H2. The molecule has 5 aromatic carbocycles. The van der Waals surface area contributed by atoms with Crippen molar-refractivity contribution in [2.45, 2.75) is 12.8 Å². The normalized spacial score (nSPS) is 13.5. The summed E-state index contributed by atoms with van der Waals surface area (Å²) in [4.78, 5) is 5.19. The molecule has 2 aliphatic carbocycles. The molecule has 2 heterocycles. The van der Waals surface area contributed by atoms with Gasteiger partial charge in [-0.25, -0.2) is 4.98 Å². The zero-order valence-electron chi connectivity index (χ0n) is 19.0. The lowest BCUT2D eigenvalue weighted by molar-refractivity contribution is 1.22. The number of para-hydroxylation sites is 3. The first-order valence-electron chi connectivity index (χ1n) is 12.3. The van der Waals surface area contributed by atoms with E-state index in [4.69, 9.17) is 4.98 Å². The minimum absolute atomic E-state index is 0.961. The molecule has 35 heavy (non-hydrogen) atoms. The number of rotatable bonds is 0. The van der Waals surface area contributed by atoms with E-state index in [9.17, 15) is 0 Å². The van der Waals surface area contributed by atoms with E-state index in [1.165, 1.54) is 71.7 Å². The third-order valence-electron chi connectivity index (χ3n) is 8.21. The number of pyridine rings is 1. The average molecular weight is 445 g/mol. The van der Waals surface area contributed by atoms with Crippen molar-refractivity contribution in [2.75, 3.05) is 0 Å². The molecule has 2 aliphatic rings. The molecule has 2 aromatic heterocycles. The van der Waals surface area contributed by atoms with Gasteiger partial charge in [0.2, 0.25) is 0 Å². The predicted octanol–water partition coefficient (Wildman–Crippen LogP) is 7.94. The maximum atomic E-state index is 5.19. The number of hydrogen-bond donors (Lipinski definition) is 0. The van der Waals surface area contributed by atoms with Gasteiger partial charge in [-0.1, -0.05) is 72.8 Å². The van der Waals surface area contributed by atoms with Crippen LogP contribution in [0.1, 0.15) is 22.3 Å². The lowest BCUT2D eigenvalue weighted by Gasteiger charge is -2.12. The van der Waals surface area contributed by atoms with Crippen LogP contribution in [0.2, 0.25) is 0 Å². The molecule has 2 heteroatoms. The van der Waals surface area contributed by atoms with Gasteiger partial charge in [-0.2, -0.15) is 0 Å². The van der Waals surface area contributed by atoms with Crippen LogP contribution in [0.25, 0.3) is 60.6 Å². The fourth-order valence-electron chi connectivity index (χ4n) is 6.72. The Labute approximate surface area is 202 Å². The van der Waals surface area contributed by atoms with Gasteiger partial charge in [0.1, 0.15) is 5.65 Å². The molecule has 0 saturated carbocycles. The topological polar surface area (TPSA) is 17.3 Å². The van der Waals surface area contributed by atoms with Crippen LogP contribution in [0.4, 0.5) is 0 Å². The van der Waals surface area contributed by atoms with Crippen molar-refractivity contribution in [2.24, 2.45) is 0 Å². The first-order valence-corrected chi connectivity index (χ1v) is 12.3. The van der Waals surface area contributed by atoms with Gasteiger partial charge in [-0.15, -0.1) is 0 Å². The quantitative estimate of drug-likeness (QED) is 0.217. The minimum atomic E-state index is 0.961. The van der Waals surface area contributed by atoms with E-state index in [-0.39, 0.29) is 0 Å². The van der Waals surface area contributed by atoms with Gasteiger partial charge < -0.3 is 0 Å².